The number of rotatable bonds is 6. The number of nitro groups is 1. The molecule has 2 aromatic carbocycles. The predicted molar refractivity (Wildman–Crippen MR) is 115 cm³/mol. The van der Waals surface area contributed by atoms with E-state index in [0.717, 1.165) is 23.9 Å². The van der Waals surface area contributed by atoms with Gasteiger partial charge in [0.15, 0.2) is 16.4 Å². The van der Waals surface area contributed by atoms with E-state index < -0.39 is 25.6 Å². The number of para-hydroxylation sites is 1. The average molecular weight is 467 g/mol. The smallest absolute Gasteiger partial charge is 0.346 e. The van der Waals surface area contributed by atoms with E-state index in [4.69, 9.17) is 21.1 Å². The number of nitro benzene ring substituents is 1. The third-order valence-electron chi connectivity index (χ3n) is 4.00. The molecule has 1 heterocycles. The number of carbonyl (C=O) groups is 1. The second-order valence-corrected chi connectivity index (χ2v) is 9.10. The highest BCUT2D eigenvalue weighted by molar-refractivity contribution is 8.26. The van der Waals surface area contributed by atoms with Gasteiger partial charge in [-0.05, 0) is 29.8 Å². The van der Waals surface area contributed by atoms with Crippen LogP contribution in [-0.4, -0.2) is 42.6 Å². The average Bonchev–Trinajstić information content (AvgIpc) is 2.95. The summed E-state index contributed by atoms with van der Waals surface area (Å²) >= 11 is 6.23. The number of hydrogen-bond acceptors (Lipinski definition) is 9. The van der Waals surface area contributed by atoms with E-state index in [2.05, 4.69) is 0 Å². The minimum Gasteiger partial charge on any atom is -0.493 e. The summed E-state index contributed by atoms with van der Waals surface area (Å²) in [6, 6.07) is 9.20. The fraction of sp³-hybridized carbons (Fsp3) is 0.111. The minimum absolute atomic E-state index is 0.0675. The van der Waals surface area contributed by atoms with Crippen LogP contribution in [0.4, 0.5) is 5.69 Å². The molecular formula is C18H14N2O7S3. The van der Waals surface area contributed by atoms with E-state index >= 15 is 0 Å². The molecular weight excluding hydrogens is 452 g/mol. The molecule has 1 saturated heterocycles. The molecule has 0 N–H and O–H groups in total. The number of methoxy groups -OCH3 is 1. The molecule has 0 radical (unpaired) electrons. The zero-order chi connectivity index (χ0) is 22.1. The molecule has 0 aromatic heterocycles. The summed E-state index contributed by atoms with van der Waals surface area (Å²) in [5.74, 6) is -0.336. The number of carbonyl (C=O) groups excluding carboxylic acids is 1. The summed E-state index contributed by atoms with van der Waals surface area (Å²) in [6.07, 6.45) is 1.59. The van der Waals surface area contributed by atoms with Gasteiger partial charge < -0.3 is 8.92 Å². The molecule has 0 unspecified atom stereocenters. The van der Waals surface area contributed by atoms with Gasteiger partial charge in [0.1, 0.15) is 4.32 Å². The van der Waals surface area contributed by atoms with E-state index in [1.807, 2.05) is 0 Å². The van der Waals surface area contributed by atoms with Gasteiger partial charge in [-0.15, -0.1) is 0 Å². The first-order chi connectivity index (χ1) is 14.1. The summed E-state index contributed by atoms with van der Waals surface area (Å²) in [4.78, 5) is 23.6. The molecule has 0 aliphatic carbocycles. The Hall–Kier alpha value is -2.96. The second-order valence-electron chi connectivity index (χ2n) is 5.91. The van der Waals surface area contributed by atoms with Crippen molar-refractivity contribution in [2.24, 2.45) is 0 Å². The van der Waals surface area contributed by atoms with E-state index in [1.54, 1.807) is 13.1 Å². The molecule has 30 heavy (non-hydrogen) atoms. The van der Waals surface area contributed by atoms with Crippen LogP contribution in [0.1, 0.15) is 5.56 Å². The lowest BCUT2D eigenvalue weighted by atomic mass is 10.2. The Morgan fingerprint density at radius 2 is 1.90 bits per heavy atom. The largest absolute Gasteiger partial charge is 0.493 e. The Balaban J connectivity index is 1.94. The molecule has 0 spiro atoms. The summed E-state index contributed by atoms with van der Waals surface area (Å²) in [7, 11) is -1.61. The SMILES string of the molecule is COc1cc(/C=C2/SC(=S)N(C)C2=O)ccc1OS(=O)(=O)c1ccccc1[N+](=O)[O-]. The molecule has 1 aliphatic heterocycles. The van der Waals surface area contributed by atoms with Crippen molar-refractivity contribution in [2.75, 3.05) is 14.2 Å². The zero-order valence-electron chi connectivity index (χ0n) is 15.6. The van der Waals surface area contributed by atoms with Crippen LogP contribution in [-0.2, 0) is 14.9 Å². The number of hydrogen-bond donors (Lipinski definition) is 0. The molecule has 3 rings (SSSR count). The number of benzene rings is 2. The van der Waals surface area contributed by atoms with Crippen molar-refractivity contribution in [3.8, 4) is 11.5 Å². The lowest BCUT2D eigenvalue weighted by Gasteiger charge is -2.11. The van der Waals surface area contributed by atoms with Crippen molar-refractivity contribution in [1.29, 1.82) is 0 Å². The first kappa shape index (κ1) is 21.7. The highest BCUT2D eigenvalue weighted by Crippen LogP contribution is 2.35. The maximum atomic E-state index is 12.6. The number of likely N-dealkylation sites (N-methyl/N-ethyl adjacent to an activating group) is 1. The maximum Gasteiger partial charge on any atom is 0.346 e. The fourth-order valence-electron chi connectivity index (χ4n) is 2.52. The summed E-state index contributed by atoms with van der Waals surface area (Å²) in [5, 5.41) is 11.1. The second kappa shape index (κ2) is 8.42. The van der Waals surface area contributed by atoms with Crippen LogP contribution in [0.3, 0.4) is 0 Å². The first-order valence-electron chi connectivity index (χ1n) is 8.21. The standard InChI is InChI=1S/C18H14N2O7S3/c1-19-17(21)15(29-18(19)28)10-11-7-8-13(14(9-11)26-2)27-30(24,25)16-6-4-3-5-12(16)20(22)23/h3-10H,1-2H3/b15-10+. The Labute approximate surface area is 181 Å². The fourth-order valence-corrected chi connectivity index (χ4v) is 4.81. The molecule has 156 valence electrons. The molecule has 12 heteroatoms. The highest BCUT2D eigenvalue weighted by atomic mass is 32.2. The van der Waals surface area contributed by atoms with Crippen LogP contribution in [0.5, 0.6) is 11.5 Å². The van der Waals surface area contributed by atoms with E-state index in [1.165, 1.54) is 42.3 Å². The first-order valence-corrected chi connectivity index (χ1v) is 10.8. The Morgan fingerprint density at radius 3 is 2.50 bits per heavy atom. The van der Waals surface area contributed by atoms with Crippen molar-refractivity contribution in [2.45, 2.75) is 4.90 Å². The number of nitrogens with zero attached hydrogens (tertiary/aromatic N) is 2. The van der Waals surface area contributed by atoms with Crippen LogP contribution in [0.2, 0.25) is 0 Å². The topological polar surface area (TPSA) is 116 Å². The molecule has 9 nitrogen and oxygen atoms in total. The van der Waals surface area contributed by atoms with Crippen molar-refractivity contribution in [3.05, 3.63) is 63.0 Å². The van der Waals surface area contributed by atoms with Gasteiger partial charge in [-0.2, -0.15) is 8.42 Å². The molecule has 0 saturated carbocycles. The molecule has 1 amide bonds. The third-order valence-corrected chi connectivity index (χ3v) is 6.77. The monoisotopic (exact) mass is 466 g/mol. The van der Waals surface area contributed by atoms with Crippen LogP contribution in [0, 0.1) is 10.1 Å². The van der Waals surface area contributed by atoms with Gasteiger partial charge in [-0.25, -0.2) is 0 Å². The number of thiocarbonyl (C=S) groups is 1. The summed E-state index contributed by atoms with van der Waals surface area (Å²) in [5.41, 5.74) is -0.0501. The van der Waals surface area contributed by atoms with E-state index in [9.17, 15) is 23.3 Å². The van der Waals surface area contributed by atoms with Gasteiger partial charge >= 0.3 is 10.1 Å². The van der Waals surface area contributed by atoms with Crippen LogP contribution >= 0.6 is 24.0 Å². The molecule has 1 fully saturated rings. The lowest BCUT2D eigenvalue weighted by Crippen LogP contribution is -2.22. The summed E-state index contributed by atoms with van der Waals surface area (Å²) in [6.45, 7) is 0. The molecule has 0 atom stereocenters. The van der Waals surface area contributed by atoms with Crippen molar-refractivity contribution >= 4 is 56.1 Å². The lowest BCUT2D eigenvalue weighted by molar-refractivity contribution is -0.387. The van der Waals surface area contributed by atoms with Crippen molar-refractivity contribution < 1.29 is 27.1 Å². The molecule has 0 bridgehead atoms. The van der Waals surface area contributed by atoms with Crippen LogP contribution in [0.15, 0.2) is 52.3 Å². The van der Waals surface area contributed by atoms with Gasteiger partial charge in [0.25, 0.3) is 11.6 Å². The molecule has 2 aromatic rings. The van der Waals surface area contributed by atoms with Crippen molar-refractivity contribution in [3.63, 3.8) is 0 Å². The van der Waals surface area contributed by atoms with Crippen LogP contribution < -0.4 is 8.92 Å². The van der Waals surface area contributed by atoms with E-state index in [0.29, 0.717) is 14.8 Å². The van der Waals surface area contributed by atoms with Gasteiger partial charge in [-0.3, -0.25) is 19.8 Å². The Morgan fingerprint density at radius 1 is 1.20 bits per heavy atom. The van der Waals surface area contributed by atoms with Gasteiger partial charge in [0, 0.05) is 13.1 Å². The van der Waals surface area contributed by atoms with Gasteiger partial charge in [-0.1, -0.05) is 42.2 Å². The highest BCUT2D eigenvalue weighted by Gasteiger charge is 2.30. The Bertz CT molecular complexity index is 1190. The maximum absolute atomic E-state index is 12.6. The molecule has 1 aliphatic rings. The van der Waals surface area contributed by atoms with Gasteiger partial charge in [0.2, 0.25) is 0 Å². The van der Waals surface area contributed by atoms with Gasteiger partial charge in [0.05, 0.1) is 16.9 Å². The van der Waals surface area contributed by atoms with E-state index in [-0.39, 0.29) is 17.4 Å². The minimum atomic E-state index is -4.50. The zero-order valence-corrected chi connectivity index (χ0v) is 18.0. The number of ether oxygens (including phenoxy) is 1. The quantitative estimate of drug-likeness (QED) is 0.208. The summed E-state index contributed by atoms with van der Waals surface area (Å²) < 4.78 is 35.9. The van der Waals surface area contributed by atoms with Crippen LogP contribution in [0.25, 0.3) is 6.08 Å². The normalized spacial score (nSPS) is 15.5. The third kappa shape index (κ3) is 4.30. The predicted octanol–water partition coefficient (Wildman–Crippen LogP) is 3.20. The van der Waals surface area contributed by atoms with Crippen molar-refractivity contribution in [1.82, 2.24) is 4.90 Å². The Kier molecular flexibility index (Phi) is 6.10. The number of thioether (sulfide) groups is 1. The number of amides is 1.